The molecule has 0 amide bonds. The number of halogens is 2. The fraction of sp³-hybridized carbons (Fsp3) is 0.364. The summed E-state index contributed by atoms with van der Waals surface area (Å²) in [5.74, 6) is -2.30. The van der Waals surface area contributed by atoms with E-state index < -0.39 is 28.5 Å². The Kier molecular flexibility index (Phi) is 3.19. The maximum Gasteiger partial charge on any atom is 0.170 e. The summed E-state index contributed by atoms with van der Waals surface area (Å²) in [7, 11) is 0. The highest BCUT2D eigenvalue weighted by Crippen LogP contribution is 2.17. The van der Waals surface area contributed by atoms with Gasteiger partial charge in [0, 0.05) is 12.0 Å². The summed E-state index contributed by atoms with van der Waals surface area (Å²) >= 11 is 0. The summed E-state index contributed by atoms with van der Waals surface area (Å²) in [4.78, 5) is 11.5. The Morgan fingerprint density at radius 3 is 2.20 bits per heavy atom. The number of Topliss-reactive ketones (excluding diaryl/α,β-unsaturated/α-hetero) is 1. The van der Waals surface area contributed by atoms with Crippen LogP contribution in [0.2, 0.25) is 0 Å². The highest BCUT2D eigenvalue weighted by atomic mass is 19.1. The normalized spacial score (nSPS) is 11.5. The summed E-state index contributed by atoms with van der Waals surface area (Å²) in [6.45, 7) is 3.26. The van der Waals surface area contributed by atoms with Crippen LogP contribution in [0.1, 0.15) is 30.6 Å². The number of hydrogen-bond donors (Lipinski definition) is 1. The van der Waals surface area contributed by atoms with Gasteiger partial charge < -0.3 is 5.73 Å². The third-order valence-electron chi connectivity index (χ3n) is 1.86. The largest absolute Gasteiger partial charge is 0.325 e. The molecule has 0 atom stereocenters. The van der Waals surface area contributed by atoms with Gasteiger partial charge in [0.2, 0.25) is 0 Å². The van der Waals surface area contributed by atoms with Crippen molar-refractivity contribution in [1.29, 1.82) is 0 Å². The zero-order valence-corrected chi connectivity index (χ0v) is 8.68. The molecule has 0 fully saturated rings. The van der Waals surface area contributed by atoms with E-state index in [2.05, 4.69) is 0 Å². The van der Waals surface area contributed by atoms with E-state index in [9.17, 15) is 13.6 Å². The average molecular weight is 213 g/mol. The zero-order chi connectivity index (χ0) is 11.6. The molecule has 0 heterocycles. The summed E-state index contributed by atoms with van der Waals surface area (Å²) in [6, 6.07) is 3.33. The van der Waals surface area contributed by atoms with Crippen molar-refractivity contribution < 1.29 is 13.6 Å². The second-order valence-electron chi connectivity index (χ2n) is 4.19. The molecule has 0 aliphatic rings. The number of carbonyl (C=O) groups is 1. The van der Waals surface area contributed by atoms with Crippen LogP contribution < -0.4 is 5.73 Å². The number of ketones is 1. The molecular formula is C11H13F2NO. The van der Waals surface area contributed by atoms with Gasteiger partial charge in [0.15, 0.2) is 5.78 Å². The van der Waals surface area contributed by atoms with Gasteiger partial charge in [-0.1, -0.05) is 6.07 Å². The van der Waals surface area contributed by atoms with Gasteiger partial charge in [-0.15, -0.1) is 0 Å². The molecule has 0 aliphatic heterocycles. The first kappa shape index (κ1) is 11.8. The van der Waals surface area contributed by atoms with Crippen molar-refractivity contribution in [1.82, 2.24) is 0 Å². The number of nitrogens with two attached hydrogens (primary N) is 1. The molecule has 1 aromatic rings. The highest BCUT2D eigenvalue weighted by molar-refractivity contribution is 5.97. The van der Waals surface area contributed by atoms with Crippen LogP contribution in [0.15, 0.2) is 18.2 Å². The SMILES string of the molecule is CC(C)(N)CC(=O)c1c(F)cccc1F. The molecule has 2 N–H and O–H groups in total. The molecule has 82 valence electrons. The van der Waals surface area contributed by atoms with Crippen LogP contribution in [0.4, 0.5) is 8.78 Å². The maximum absolute atomic E-state index is 13.2. The minimum atomic E-state index is -0.843. The Morgan fingerprint density at radius 2 is 1.80 bits per heavy atom. The van der Waals surface area contributed by atoms with E-state index in [4.69, 9.17) is 5.73 Å². The molecule has 0 spiro atoms. The van der Waals surface area contributed by atoms with E-state index in [0.29, 0.717) is 0 Å². The zero-order valence-electron chi connectivity index (χ0n) is 8.68. The quantitative estimate of drug-likeness (QED) is 0.783. The average Bonchev–Trinajstić information content (AvgIpc) is 1.99. The minimum Gasteiger partial charge on any atom is -0.325 e. The number of hydrogen-bond acceptors (Lipinski definition) is 2. The van der Waals surface area contributed by atoms with Gasteiger partial charge in [-0.05, 0) is 26.0 Å². The molecule has 0 radical (unpaired) electrons. The van der Waals surface area contributed by atoms with Crippen molar-refractivity contribution in [2.45, 2.75) is 25.8 Å². The van der Waals surface area contributed by atoms with Gasteiger partial charge in [0.05, 0.1) is 5.56 Å². The first-order chi connectivity index (χ1) is 6.81. The Balaban J connectivity index is 3.02. The van der Waals surface area contributed by atoms with Crippen LogP contribution in [-0.4, -0.2) is 11.3 Å². The predicted molar refractivity (Wildman–Crippen MR) is 53.6 cm³/mol. The van der Waals surface area contributed by atoms with Crippen LogP contribution in [-0.2, 0) is 0 Å². The summed E-state index contributed by atoms with van der Waals surface area (Å²) in [6.07, 6.45) is -0.0924. The van der Waals surface area contributed by atoms with E-state index in [-0.39, 0.29) is 6.42 Å². The van der Waals surface area contributed by atoms with Gasteiger partial charge >= 0.3 is 0 Å². The Labute approximate surface area is 87.1 Å². The fourth-order valence-corrected chi connectivity index (χ4v) is 1.27. The summed E-state index contributed by atoms with van der Waals surface area (Å²) < 4.78 is 26.3. The van der Waals surface area contributed by atoms with Gasteiger partial charge in [-0.25, -0.2) is 8.78 Å². The fourth-order valence-electron chi connectivity index (χ4n) is 1.27. The number of rotatable bonds is 3. The van der Waals surface area contributed by atoms with Crippen molar-refractivity contribution in [2.24, 2.45) is 5.73 Å². The van der Waals surface area contributed by atoms with Crippen LogP contribution >= 0.6 is 0 Å². The predicted octanol–water partition coefficient (Wildman–Crippen LogP) is 2.27. The molecule has 0 unspecified atom stereocenters. The molecule has 4 heteroatoms. The van der Waals surface area contributed by atoms with E-state index in [1.807, 2.05) is 0 Å². The van der Waals surface area contributed by atoms with Crippen LogP contribution in [0.3, 0.4) is 0 Å². The lowest BCUT2D eigenvalue weighted by Gasteiger charge is -2.17. The molecule has 2 nitrogen and oxygen atoms in total. The molecule has 0 saturated carbocycles. The standard InChI is InChI=1S/C11H13F2NO/c1-11(2,14)6-9(15)10-7(12)4-3-5-8(10)13/h3-5H,6,14H2,1-2H3. The van der Waals surface area contributed by atoms with E-state index in [0.717, 1.165) is 12.1 Å². The third kappa shape index (κ3) is 3.09. The van der Waals surface area contributed by atoms with E-state index in [1.54, 1.807) is 13.8 Å². The second kappa shape index (κ2) is 4.06. The van der Waals surface area contributed by atoms with Gasteiger partial charge in [0.25, 0.3) is 0 Å². The van der Waals surface area contributed by atoms with Gasteiger partial charge in [-0.2, -0.15) is 0 Å². The number of benzene rings is 1. The van der Waals surface area contributed by atoms with Gasteiger partial charge in [0.1, 0.15) is 11.6 Å². The van der Waals surface area contributed by atoms with Crippen LogP contribution in [0, 0.1) is 11.6 Å². The van der Waals surface area contributed by atoms with Crippen LogP contribution in [0.25, 0.3) is 0 Å². The van der Waals surface area contributed by atoms with Gasteiger partial charge in [-0.3, -0.25) is 4.79 Å². The minimum absolute atomic E-state index is 0.0924. The Hall–Kier alpha value is -1.29. The summed E-state index contributed by atoms with van der Waals surface area (Å²) in [5.41, 5.74) is 4.33. The first-order valence-corrected chi connectivity index (χ1v) is 4.57. The van der Waals surface area contributed by atoms with E-state index in [1.165, 1.54) is 6.07 Å². The molecule has 0 bridgehead atoms. The lowest BCUT2D eigenvalue weighted by molar-refractivity contribution is 0.0952. The van der Waals surface area contributed by atoms with Crippen molar-refractivity contribution >= 4 is 5.78 Å². The highest BCUT2D eigenvalue weighted by Gasteiger charge is 2.22. The second-order valence-corrected chi connectivity index (χ2v) is 4.19. The summed E-state index contributed by atoms with van der Waals surface area (Å²) in [5, 5.41) is 0. The lowest BCUT2D eigenvalue weighted by atomic mass is 9.95. The third-order valence-corrected chi connectivity index (χ3v) is 1.86. The van der Waals surface area contributed by atoms with Crippen molar-refractivity contribution in [3.8, 4) is 0 Å². The maximum atomic E-state index is 13.2. The van der Waals surface area contributed by atoms with E-state index >= 15 is 0 Å². The number of carbonyl (C=O) groups excluding carboxylic acids is 1. The molecule has 0 saturated heterocycles. The Bertz CT molecular complexity index is 362. The molecule has 1 aromatic carbocycles. The van der Waals surface area contributed by atoms with Crippen molar-refractivity contribution in [2.75, 3.05) is 0 Å². The molecule has 0 aromatic heterocycles. The van der Waals surface area contributed by atoms with Crippen molar-refractivity contribution in [3.63, 3.8) is 0 Å². The topological polar surface area (TPSA) is 43.1 Å². The first-order valence-electron chi connectivity index (χ1n) is 4.57. The Morgan fingerprint density at radius 1 is 1.33 bits per heavy atom. The molecule has 0 aliphatic carbocycles. The smallest absolute Gasteiger partial charge is 0.170 e. The van der Waals surface area contributed by atoms with Crippen molar-refractivity contribution in [3.05, 3.63) is 35.4 Å². The molecule has 15 heavy (non-hydrogen) atoms. The van der Waals surface area contributed by atoms with Crippen LogP contribution in [0.5, 0.6) is 0 Å². The molecular weight excluding hydrogens is 200 g/mol. The monoisotopic (exact) mass is 213 g/mol. The molecule has 1 rings (SSSR count). The lowest BCUT2D eigenvalue weighted by Crippen LogP contribution is -2.35.